The van der Waals surface area contributed by atoms with Gasteiger partial charge in [0.05, 0.1) is 32.1 Å². The van der Waals surface area contributed by atoms with Gasteiger partial charge in [-0.1, -0.05) is 0 Å². The van der Waals surface area contributed by atoms with Crippen LogP contribution in [-0.4, -0.2) is 30.2 Å². The molecule has 1 N–H and O–H groups in total. The van der Waals surface area contributed by atoms with Gasteiger partial charge >= 0.3 is 0 Å². The molecule has 4 heteroatoms. The summed E-state index contributed by atoms with van der Waals surface area (Å²) in [5, 5.41) is 10.4. The average molecular weight is 248 g/mol. The van der Waals surface area contributed by atoms with Gasteiger partial charge in [0.1, 0.15) is 0 Å². The number of hydrogen-bond acceptors (Lipinski definition) is 2. The minimum absolute atomic E-state index is 0.926. The van der Waals surface area contributed by atoms with E-state index in [2.05, 4.69) is 4.57 Å². The first-order chi connectivity index (χ1) is 8.75. The molecule has 0 unspecified atom stereocenters. The summed E-state index contributed by atoms with van der Waals surface area (Å²) in [7, 11) is 0. The van der Waals surface area contributed by atoms with Gasteiger partial charge in [-0.25, -0.2) is 0 Å². The molecule has 0 bridgehead atoms. The maximum absolute atomic E-state index is 10.4. The molecule has 2 heterocycles. The molecule has 0 spiro atoms. The summed E-state index contributed by atoms with van der Waals surface area (Å²) in [6, 6.07) is 3.87. The van der Waals surface area contributed by atoms with Crippen LogP contribution in [-0.2, 0) is 11.3 Å². The number of nitrogens with zero attached hydrogens (tertiary/aromatic N) is 1. The lowest BCUT2D eigenvalue weighted by atomic mass is 10.1. The summed E-state index contributed by atoms with van der Waals surface area (Å²) in [6.45, 7) is 4.59. The van der Waals surface area contributed by atoms with Crippen molar-refractivity contribution in [1.82, 2.24) is 4.57 Å². The summed E-state index contributed by atoms with van der Waals surface area (Å²) in [5.74, 6) is -1.15. The summed E-state index contributed by atoms with van der Waals surface area (Å²) < 4.78 is 2.10. The molecule has 1 aliphatic heterocycles. The molecule has 0 aliphatic carbocycles. The Morgan fingerprint density at radius 1 is 1.39 bits per heavy atom. The third-order valence-corrected chi connectivity index (χ3v) is 3.52. The van der Waals surface area contributed by atoms with Crippen LogP contribution in [0.25, 0.3) is 6.08 Å². The molecule has 0 amide bonds. The number of carboxylic acid groups (broad SMARTS) is 1. The third-order valence-electron chi connectivity index (χ3n) is 3.52. The number of rotatable bonds is 5. The second-order valence-corrected chi connectivity index (χ2v) is 4.84. The molecular weight excluding hydrogens is 228 g/mol. The lowest BCUT2D eigenvalue weighted by Gasteiger charge is -2.23. The van der Waals surface area contributed by atoms with E-state index < -0.39 is 5.97 Å². The van der Waals surface area contributed by atoms with Crippen LogP contribution >= 0.6 is 0 Å². The first kappa shape index (κ1) is 12.9. The fourth-order valence-corrected chi connectivity index (χ4v) is 2.52. The van der Waals surface area contributed by atoms with Crippen molar-refractivity contribution in [2.24, 2.45) is 0 Å². The van der Waals surface area contributed by atoms with Crippen molar-refractivity contribution in [2.75, 3.05) is 19.6 Å². The van der Waals surface area contributed by atoms with E-state index in [4.69, 9.17) is 0 Å². The van der Waals surface area contributed by atoms with Gasteiger partial charge in [0.25, 0.3) is 0 Å². The van der Waals surface area contributed by atoms with E-state index in [1.165, 1.54) is 32.4 Å². The summed E-state index contributed by atoms with van der Waals surface area (Å²) in [4.78, 5) is 12.1. The fraction of sp³-hybridized carbons (Fsp3) is 0.500. The van der Waals surface area contributed by atoms with Gasteiger partial charge in [0.2, 0.25) is 0 Å². The molecule has 98 valence electrons. The Hall–Kier alpha value is -1.55. The highest BCUT2D eigenvalue weighted by atomic mass is 16.4. The Balaban J connectivity index is 1.88. The van der Waals surface area contributed by atoms with Crippen molar-refractivity contribution in [2.45, 2.75) is 25.8 Å². The second kappa shape index (κ2) is 6.40. The smallest absolute Gasteiger partial charge is 0.0953 e. The van der Waals surface area contributed by atoms with Crippen LogP contribution in [0.3, 0.4) is 0 Å². The van der Waals surface area contributed by atoms with Crippen molar-refractivity contribution in [1.29, 1.82) is 0 Å². The number of likely N-dealkylation sites (tertiary alicyclic amines) is 1. The fourth-order valence-electron chi connectivity index (χ4n) is 2.52. The molecule has 18 heavy (non-hydrogen) atoms. The van der Waals surface area contributed by atoms with Crippen molar-refractivity contribution in [3.8, 4) is 0 Å². The molecule has 0 saturated carbocycles. The zero-order valence-electron chi connectivity index (χ0n) is 10.6. The predicted octanol–water partition coefficient (Wildman–Crippen LogP) is -0.680. The first-order valence-corrected chi connectivity index (χ1v) is 6.63. The van der Waals surface area contributed by atoms with Crippen LogP contribution in [0.1, 0.15) is 25.0 Å². The van der Waals surface area contributed by atoms with Crippen LogP contribution in [0.15, 0.2) is 24.4 Å². The van der Waals surface area contributed by atoms with E-state index in [1.807, 2.05) is 18.3 Å². The second-order valence-electron chi connectivity index (χ2n) is 4.84. The number of piperidine rings is 1. The Morgan fingerprint density at radius 2 is 2.17 bits per heavy atom. The summed E-state index contributed by atoms with van der Waals surface area (Å²) in [6.07, 6.45) is 8.71. The summed E-state index contributed by atoms with van der Waals surface area (Å²) in [5.41, 5.74) is 0.926. The van der Waals surface area contributed by atoms with Gasteiger partial charge in [-0.15, -0.1) is 0 Å². The Kier molecular flexibility index (Phi) is 4.59. The molecule has 0 aromatic carbocycles. The third kappa shape index (κ3) is 3.74. The van der Waals surface area contributed by atoms with E-state index in [1.54, 1.807) is 11.0 Å². The van der Waals surface area contributed by atoms with E-state index in [9.17, 15) is 9.90 Å². The number of hydrogen-bond donors (Lipinski definition) is 1. The van der Waals surface area contributed by atoms with Crippen molar-refractivity contribution in [3.05, 3.63) is 30.1 Å². The lowest BCUT2D eigenvalue weighted by molar-refractivity contribution is -0.905. The highest BCUT2D eigenvalue weighted by molar-refractivity contribution is 5.83. The predicted molar refractivity (Wildman–Crippen MR) is 67.9 cm³/mol. The maximum Gasteiger partial charge on any atom is 0.0953 e. The minimum Gasteiger partial charge on any atom is -0.545 e. The van der Waals surface area contributed by atoms with Gasteiger partial charge in [-0.3, -0.25) is 0 Å². The highest BCUT2D eigenvalue weighted by Crippen LogP contribution is 2.04. The standard InChI is InChI=1S/C14H20N2O2/c17-14(18)7-6-13-5-4-10-16(13)12-11-15-8-2-1-3-9-15/h4-7,10H,1-3,8-9,11-12H2,(H,17,18)/b7-6+. The first-order valence-electron chi connectivity index (χ1n) is 6.63. The van der Waals surface area contributed by atoms with Gasteiger partial charge in [0.15, 0.2) is 0 Å². The minimum atomic E-state index is -1.15. The Morgan fingerprint density at radius 3 is 2.89 bits per heavy atom. The number of quaternary nitrogens is 1. The van der Waals surface area contributed by atoms with E-state index in [0.717, 1.165) is 24.9 Å². The van der Waals surface area contributed by atoms with Gasteiger partial charge < -0.3 is 19.4 Å². The monoisotopic (exact) mass is 248 g/mol. The van der Waals surface area contributed by atoms with E-state index >= 15 is 0 Å². The number of aromatic nitrogens is 1. The van der Waals surface area contributed by atoms with E-state index in [0.29, 0.717) is 0 Å². The Labute approximate surface area is 108 Å². The van der Waals surface area contributed by atoms with Crippen molar-refractivity contribution in [3.63, 3.8) is 0 Å². The zero-order chi connectivity index (χ0) is 12.8. The molecule has 2 rings (SSSR count). The molecule has 0 atom stereocenters. The average Bonchev–Trinajstić information content (AvgIpc) is 2.82. The van der Waals surface area contributed by atoms with Crippen LogP contribution in [0, 0.1) is 0 Å². The number of nitrogens with one attached hydrogen (secondary N) is 1. The lowest BCUT2D eigenvalue weighted by Crippen LogP contribution is -3.13. The van der Waals surface area contributed by atoms with Crippen LogP contribution in [0.4, 0.5) is 0 Å². The number of carbonyl (C=O) groups excluding carboxylic acids is 1. The zero-order valence-corrected chi connectivity index (χ0v) is 10.6. The number of carboxylic acids is 1. The van der Waals surface area contributed by atoms with Gasteiger partial charge in [0, 0.05) is 11.9 Å². The van der Waals surface area contributed by atoms with E-state index in [-0.39, 0.29) is 0 Å². The van der Waals surface area contributed by atoms with Gasteiger partial charge in [-0.2, -0.15) is 0 Å². The largest absolute Gasteiger partial charge is 0.545 e. The van der Waals surface area contributed by atoms with Crippen molar-refractivity contribution < 1.29 is 14.8 Å². The SMILES string of the molecule is O=C([O-])/C=C/c1cccn1CC[NH+]1CCCCC1. The van der Waals surface area contributed by atoms with Crippen molar-refractivity contribution >= 4 is 12.0 Å². The quantitative estimate of drug-likeness (QED) is 0.702. The normalized spacial score (nSPS) is 17.3. The molecule has 1 saturated heterocycles. The maximum atomic E-state index is 10.4. The van der Waals surface area contributed by atoms with Crippen LogP contribution < -0.4 is 10.0 Å². The Bertz CT molecular complexity index is 417. The number of carbonyl (C=O) groups is 1. The molecule has 1 aromatic rings. The topological polar surface area (TPSA) is 49.5 Å². The molecular formula is C14H20N2O2. The molecule has 1 fully saturated rings. The molecule has 4 nitrogen and oxygen atoms in total. The molecule has 1 aliphatic rings. The number of aliphatic carboxylic acids is 1. The summed E-state index contributed by atoms with van der Waals surface area (Å²) >= 11 is 0. The highest BCUT2D eigenvalue weighted by Gasteiger charge is 2.13. The van der Waals surface area contributed by atoms with Crippen LogP contribution in [0.2, 0.25) is 0 Å². The van der Waals surface area contributed by atoms with Gasteiger partial charge in [-0.05, 0) is 43.5 Å². The molecule has 0 radical (unpaired) electrons. The molecule has 1 aromatic heterocycles. The van der Waals surface area contributed by atoms with Crippen LogP contribution in [0.5, 0.6) is 0 Å².